The number of likely N-dealkylation sites (tertiary alicyclic amines) is 1. The Balaban J connectivity index is 1.49. The molecule has 0 aromatic rings. The number of aliphatic hydroxyl groups excluding tert-OH is 1. The van der Waals surface area contributed by atoms with Crippen molar-refractivity contribution in [3.05, 3.63) is 0 Å². The van der Waals surface area contributed by atoms with E-state index in [1.165, 1.54) is 45.3 Å². The maximum Gasteiger partial charge on any atom is 0.0547 e. The van der Waals surface area contributed by atoms with Crippen molar-refractivity contribution in [2.75, 3.05) is 46.0 Å². The number of rotatable bonds is 7. The highest BCUT2D eigenvalue weighted by Gasteiger charge is 2.39. The maximum absolute atomic E-state index is 9.05. The first-order chi connectivity index (χ1) is 9.30. The molecule has 4 heteroatoms. The fraction of sp³-hybridized carbons (Fsp3) is 1.00. The molecule has 1 saturated carbocycles. The predicted molar refractivity (Wildman–Crippen MR) is 75.1 cm³/mol. The molecule has 2 N–H and O–H groups in total. The average molecular weight is 268 g/mol. The van der Waals surface area contributed by atoms with Crippen LogP contribution >= 0.6 is 0 Å². The summed E-state index contributed by atoms with van der Waals surface area (Å²) in [6.07, 6.45) is 6.15. The molecule has 2 atom stereocenters. The summed E-state index contributed by atoms with van der Waals surface area (Å²) in [6.45, 7) is 6.87. The van der Waals surface area contributed by atoms with Crippen molar-refractivity contribution in [1.29, 1.82) is 0 Å². The van der Waals surface area contributed by atoms with Gasteiger partial charge in [-0.25, -0.2) is 0 Å². The van der Waals surface area contributed by atoms with E-state index in [1.807, 2.05) is 0 Å². The van der Waals surface area contributed by atoms with Gasteiger partial charge in [0.05, 0.1) is 6.61 Å². The Morgan fingerprint density at radius 2 is 2.21 bits per heavy atom. The zero-order valence-corrected chi connectivity index (χ0v) is 11.9. The summed E-state index contributed by atoms with van der Waals surface area (Å²) < 4.78 is 5.69. The fourth-order valence-corrected chi connectivity index (χ4v) is 3.57. The summed E-state index contributed by atoms with van der Waals surface area (Å²) in [5.41, 5.74) is 0.344. The first-order valence-corrected chi connectivity index (χ1v) is 7.94. The van der Waals surface area contributed by atoms with Crippen molar-refractivity contribution in [2.24, 2.45) is 11.3 Å². The van der Waals surface area contributed by atoms with Crippen molar-refractivity contribution < 1.29 is 9.84 Å². The Hall–Kier alpha value is -0.160. The van der Waals surface area contributed by atoms with Gasteiger partial charge in [-0.3, -0.25) is 0 Å². The molecule has 3 rings (SSSR count). The third-order valence-corrected chi connectivity index (χ3v) is 4.99. The quantitative estimate of drug-likeness (QED) is 0.718. The van der Waals surface area contributed by atoms with E-state index in [2.05, 4.69) is 10.2 Å². The molecule has 2 saturated heterocycles. The van der Waals surface area contributed by atoms with Crippen LogP contribution in [0.2, 0.25) is 0 Å². The van der Waals surface area contributed by atoms with E-state index in [1.54, 1.807) is 0 Å². The van der Waals surface area contributed by atoms with Gasteiger partial charge in [-0.2, -0.15) is 0 Å². The lowest BCUT2D eigenvalue weighted by atomic mass is 9.86. The zero-order valence-electron chi connectivity index (χ0n) is 11.9. The third kappa shape index (κ3) is 3.69. The van der Waals surface area contributed by atoms with Crippen molar-refractivity contribution in [3.63, 3.8) is 0 Å². The molecule has 0 amide bonds. The number of hydrogen-bond donors (Lipinski definition) is 2. The van der Waals surface area contributed by atoms with Crippen LogP contribution in [-0.2, 0) is 4.74 Å². The number of hydrogen-bond acceptors (Lipinski definition) is 4. The zero-order chi connectivity index (χ0) is 13.1. The van der Waals surface area contributed by atoms with E-state index in [0.29, 0.717) is 17.9 Å². The molecule has 0 aromatic carbocycles. The molecule has 0 aromatic heterocycles. The van der Waals surface area contributed by atoms with Crippen LogP contribution in [0.25, 0.3) is 0 Å². The summed E-state index contributed by atoms with van der Waals surface area (Å²) in [6, 6.07) is 0.790. The SMILES string of the molecule is OCCC1CCN(CC2(CNC3CC3)CCOC2)C1. The second-order valence-corrected chi connectivity index (χ2v) is 6.86. The van der Waals surface area contributed by atoms with Crippen molar-refractivity contribution >= 4 is 0 Å². The normalized spacial score (nSPS) is 36.2. The molecule has 0 spiro atoms. The second kappa shape index (κ2) is 6.08. The first-order valence-electron chi connectivity index (χ1n) is 7.94. The molecule has 19 heavy (non-hydrogen) atoms. The van der Waals surface area contributed by atoms with Gasteiger partial charge in [0, 0.05) is 44.3 Å². The van der Waals surface area contributed by atoms with Crippen LogP contribution in [0.4, 0.5) is 0 Å². The number of nitrogens with one attached hydrogen (secondary N) is 1. The Bertz CT molecular complexity index is 288. The summed E-state index contributed by atoms with van der Waals surface area (Å²) in [5, 5.41) is 12.8. The Morgan fingerprint density at radius 3 is 2.89 bits per heavy atom. The van der Waals surface area contributed by atoms with Gasteiger partial charge in [0.1, 0.15) is 0 Å². The molecular weight excluding hydrogens is 240 g/mol. The smallest absolute Gasteiger partial charge is 0.0547 e. The van der Waals surface area contributed by atoms with Gasteiger partial charge in [-0.15, -0.1) is 0 Å². The number of ether oxygens (including phenoxy) is 1. The predicted octanol–water partition coefficient (Wildman–Crippen LogP) is 0.849. The van der Waals surface area contributed by atoms with Gasteiger partial charge in [-0.1, -0.05) is 0 Å². The maximum atomic E-state index is 9.05. The minimum atomic E-state index is 0.343. The van der Waals surface area contributed by atoms with Crippen molar-refractivity contribution in [1.82, 2.24) is 10.2 Å². The minimum Gasteiger partial charge on any atom is -0.396 e. The monoisotopic (exact) mass is 268 g/mol. The average Bonchev–Trinajstić information content (AvgIpc) is 2.97. The van der Waals surface area contributed by atoms with Crippen LogP contribution in [0.3, 0.4) is 0 Å². The van der Waals surface area contributed by atoms with Crippen LogP contribution in [0, 0.1) is 11.3 Å². The van der Waals surface area contributed by atoms with E-state index >= 15 is 0 Å². The Kier molecular flexibility index (Phi) is 4.42. The molecule has 2 heterocycles. The van der Waals surface area contributed by atoms with Gasteiger partial charge in [0.25, 0.3) is 0 Å². The Labute approximate surface area is 116 Å². The molecule has 0 radical (unpaired) electrons. The van der Waals surface area contributed by atoms with E-state index in [4.69, 9.17) is 9.84 Å². The second-order valence-electron chi connectivity index (χ2n) is 6.86. The van der Waals surface area contributed by atoms with Gasteiger partial charge in [0.2, 0.25) is 0 Å². The molecular formula is C15H28N2O2. The lowest BCUT2D eigenvalue weighted by molar-refractivity contribution is 0.116. The van der Waals surface area contributed by atoms with E-state index < -0.39 is 0 Å². The van der Waals surface area contributed by atoms with Gasteiger partial charge >= 0.3 is 0 Å². The molecule has 1 aliphatic carbocycles. The highest BCUT2D eigenvalue weighted by Crippen LogP contribution is 2.33. The summed E-state index contributed by atoms with van der Waals surface area (Å²) >= 11 is 0. The summed E-state index contributed by atoms with van der Waals surface area (Å²) in [5.74, 6) is 0.709. The van der Waals surface area contributed by atoms with Gasteiger partial charge in [0.15, 0.2) is 0 Å². The fourth-order valence-electron chi connectivity index (χ4n) is 3.57. The third-order valence-electron chi connectivity index (χ3n) is 4.99. The van der Waals surface area contributed by atoms with Crippen molar-refractivity contribution in [3.8, 4) is 0 Å². The van der Waals surface area contributed by atoms with Gasteiger partial charge in [-0.05, 0) is 44.6 Å². The molecule has 2 unspecified atom stereocenters. The van der Waals surface area contributed by atoms with E-state index in [-0.39, 0.29) is 0 Å². The molecule has 3 aliphatic rings. The summed E-state index contributed by atoms with van der Waals surface area (Å²) in [7, 11) is 0. The van der Waals surface area contributed by atoms with Crippen molar-refractivity contribution in [2.45, 2.75) is 38.1 Å². The van der Waals surface area contributed by atoms with Gasteiger partial charge < -0.3 is 20.1 Å². The first kappa shape index (κ1) is 13.8. The van der Waals surface area contributed by atoms with Crippen LogP contribution < -0.4 is 5.32 Å². The number of nitrogens with zero attached hydrogens (tertiary/aromatic N) is 1. The standard InChI is InChI=1S/C15H28N2O2/c18-7-4-13-3-6-17(9-13)11-15(5-8-19-12-15)10-16-14-1-2-14/h13-14,16,18H,1-12H2. The molecule has 0 bridgehead atoms. The molecule has 2 aliphatic heterocycles. The minimum absolute atomic E-state index is 0.343. The van der Waals surface area contributed by atoms with Crippen LogP contribution in [-0.4, -0.2) is 62.0 Å². The molecule has 4 nitrogen and oxygen atoms in total. The van der Waals surface area contributed by atoms with Crippen LogP contribution in [0.5, 0.6) is 0 Å². The lowest BCUT2D eigenvalue weighted by Gasteiger charge is -2.32. The van der Waals surface area contributed by atoms with Crippen LogP contribution in [0.1, 0.15) is 32.1 Å². The Morgan fingerprint density at radius 1 is 1.32 bits per heavy atom. The lowest BCUT2D eigenvalue weighted by Crippen LogP contribution is -2.44. The number of aliphatic hydroxyl groups is 1. The summed E-state index contributed by atoms with van der Waals surface area (Å²) in [4.78, 5) is 2.60. The topological polar surface area (TPSA) is 44.7 Å². The van der Waals surface area contributed by atoms with E-state index in [9.17, 15) is 0 Å². The molecule has 110 valence electrons. The molecule has 3 fully saturated rings. The van der Waals surface area contributed by atoms with Crippen LogP contribution in [0.15, 0.2) is 0 Å². The highest BCUT2D eigenvalue weighted by molar-refractivity contribution is 4.93. The highest BCUT2D eigenvalue weighted by atomic mass is 16.5. The largest absolute Gasteiger partial charge is 0.396 e. The van der Waals surface area contributed by atoms with E-state index in [0.717, 1.165) is 32.2 Å².